The maximum atomic E-state index is 11.0. The van der Waals surface area contributed by atoms with Crippen LogP contribution in [0.5, 0.6) is 0 Å². The smallest absolute Gasteiger partial charge is 0.335 e. The first-order valence-corrected chi connectivity index (χ1v) is 12.1. The molecule has 0 saturated heterocycles. The van der Waals surface area contributed by atoms with Crippen molar-refractivity contribution in [3.63, 3.8) is 0 Å². The summed E-state index contributed by atoms with van der Waals surface area (Å²) in [4.78, 5) is 11.0. The van der Waals surface area contributed by atoms with E-state index in [4.69, 9.17) is 5.11 Å². The molecule has 4 heteroatoms. The van der Waals surface area contributed by atoms with Gasteiger partial charge in [-0.05, 0) is 67.2 Å². The van der Waals surface area contributed by atoms with E-state index in [1.54, 1.807) is 17.7 Å². The minimum Gasteiger partial charge on any atom is -0.478 e. The third kappa shape index (κ3) is 6.08. The number of hydrogen-bond donors (Lipinski definition) is 3. The molecule has 2 unspecified atom stereocenters. The number of carboxylic acid groups (broad SMARTS) is 1. The summed E-state index contributed by atoms with van der Waals surface area (Å²) in [6, 6.07) is 19.7. The van der Waals surface area contributed by atoms with Crippen molar-refractivity contribution < 1.29 is 9.90 Å². The zero-order valence-corrected chi connectivity index (χ0v) is 19.3. The van der Waals surface area contributed by atoms with Crippen LogP contribution < -0.4 is 10.6 Å². The van der Waals surface area contributed by atoms with Crippen LogP contribution in [0.4, 0.5) is 0 Å². The molecular formula is C28H36N2O2. The Morgan fingerprint density at radius 1 is 1.00 bits per heavy atom. The number of nitrogens with one attached hydrogen (secondary N) is 2. The standard InChI is InChI=1S/C28H36N2O2/c1-19(2)25(16-20-6-4-3-5-7-20)26-17-27(26)30-24-14-12-23(13-15-24)29-18-21-8-10-22(11-9-21)28(31)32/h3-11,16,19,23-24,26-27,29-30H,12-15,17-18H2,1-2H3,(H,31,32). The number of hydrogen-bond acceptors (Lipinski definition) is 3. The summed E-state index contributed by atoms with van der Waals surface area (Å²) < 4.78 is 0. The summed E-state index contributed by atoms with van der Waals surface area (Å²) in [6.07, 6.45) is 8.50. The molecule has 0 radical (unpaired) electrons. The number of aromatic carboxylic acids is 1. The molecule has 2 atom stereocenters. The van der Waals surface area contributed by atoms with Gasteiger partial charge in [-0.15, -0.1) is 0 Å². The van der Waals surface area contributed by atoms with Gasteiger partial charge in [0.05, 0.1) is 5.56 Å². The van der Waals surface area contributed by atoms with Crippen LogP contribution in [0.2, 0.25) is 0 Å². The quantitative estimate of drug-likeness (QED) is 0.489. The van der Waals surface area contributed by atoms with Gasteiger partial charge >= 0.3 is 5.97 Å². The van der Waals surface area contributed by atoms with Crippen LogP contribution in [0.15, 0.2) is 60.2 Å². The number of benzene rings is 2. The molecule has 2 aliphatic rings. The van der Waals surface area contributed by atoms with Crippen LogP contribution in [-0.4, -0.2) is 29.2 Å². The summed E-state index contributed by atoms with van der Waals surface area (Å²) in [6.45, 7) is 5.43. The van der Waals surface area contributed by atoms with Crippen LogP contribution in [0.25, 0.3) is 6.08 Å². The second kappa shape index (κ2) is 10.5. The molecule has 0 aromatic heterocycles. The second-order valence-electron chi connectivity index (χ2n) is 9.76. The first-order chi connectivity index (χ1) is 15.5. The summed E-state index contributed by atoms with van der Waals surface area (Å²) in [5, 5.41) is 16.6. The molecule has 2 aromatic rings. The molecule has 4 nitrogen and oxygen atoms in total. The van der Waals surface area contributed by atoms with Gasteiger partial charge < -0.3 is 15.7 Å². The van der Waals surface area contributed by atoms with Crippen molar-refractivity contribution in [2.75, 3.05) is 0 Å². The van der Waals surface area contributed by atoms with E-state index in [1.807, 2.05) is 12.1 Å². The van der Waals surface area contributed by atoms with Gasteiger partial charge in [-0.25, -0.2) is 4.79 Å². The van der Waals surface area contributed by atoms with E-state index >= 15 is 0 Å². The second-order valence-corrected chi connectivity index (χ2v) is 9.76. The first-order valence-electron chi connectivity index (χ1n) is 12.1. The highest BCUT2D eigenvalue weighted by Crippen LogP contribution is 2.42. The molecule has 2 saturated carbocycles. The molecule has 0 bridgehead atoms. The minimum absolute atomic E-state index is 0.345. The van der Waals surface area contributed by atoms with Crippen LogP contribution in [0, 0.1) is 11.8 Å². The summed E-state index contributed by atoms with van der Waals surface area (Å²) in [5.41, 5.74) is 4.38. The highest BCUT2D eigenvalue weighted by Gasteiger charge is 2.41. The average Bonchev–Trinajstić information content (AvgIpc) is 3.56. The summed E-state index contributed by atoms with van der Waals surface area (Å²) in [5.74, 6) is 0.389. The average molecular weight is 433 g/mol. The Hall–Kier alpha value is -2.43. The van der Waals surface area contributed by atoms with Gasteiger partial charge in [0, 0.05) is 24.7 Å². The van der Waals surface area contributed by atoms with Gasteiger partial charge in [0.1, 0.15) is 0 Å². The Balaban J connectivity index is 1.21. The molecule has 3 N–H and O–H groups in total. The van der Waals surface area contributed by atoms with Crippen LogP contribution in [0.3, 0.4) is 0 Å². The van der Waals surface area contributed by atoms with Crippen molar-refractivity contribution in [3.05, 3.63) is 76.9 Å². The van der Waals surface area contributed by atoms with Gasteiger partial charge in [-0.3, -0.25) is 0 Å². The number of carbonyl (C=O) groups is 1. The summed E-state index contributed by atoms with van der Waals surface area (Å²) >= 11 is 0. The largest absolute Gasteiger partial charge is 0.478 e. The lowest BCUT2D eigenvalue weighted by molar-refractivity contribution is 0.0697. The van der Waals surface area contributed by atoms with Crippen molar-refractivity contribution in [2.24, 2.45) is 11.8 Å². The van der Waals surface area contributed by atoms with Crippen molar-refractivity contribution in [1.29, 1.82) is 0 Å². The van der Waals surface area contributed by atoms with E-state index in [2.05, 4.69) is 60.9 Å². The molecule has 0 spiro atoms. The first kappa shape index (κ1) is 22.8. The lowest BCUT2D eigenvalue weighted by Crippen LogP contribution is -2.41. The Morgan fingerprint density at radius 3 is 2.28 bits per heavy atom. The van der Waals surface area contributed by atoms with Crippen molar-refractivity contribution in [3.8, 4) is 0 Å². The molecule has 0 aliphatic heterocycles. The fourth-order valence-corrected chi connectivity index (χ4v) is 4.99. The fraction of sp³-hybridized carbons (Fsp3) is 0.464. The topological polar surface area (TPSA) is 61.4 Å². The minimum atomic E-state index is -0.871. The zero-order valence-electron chi connectivity index (χ0n) is 19.3. The van der Waals surface area contributed by atoms with Crippen LogP contribution in [0.1, 0.15) is 67.4 Å². The summed E-state index contributed by atoms with van der Waals surface area (Å²) in [7, 11) is 0. The fourth-order valence-electron chi connectivity index (χ4n) is 4.99. The molecular weight excluding hydrogens is 396 g/mol. The Kier molecular flexibility index (Phi) is 7.44. The molecule has 0 heterocycles. The predicted molar refractivity (Wildman–Crippen MR) is 131 cm³/mol. The third-order valence-electron chi connectivity index (χ3n) is 6.99. The Labute approximate surface area is 192 Å². The molecule has 170 valence electrons. The van der Waals surface area contributed by atoms with Crippen LogP contribution in [-0.2, 0) is 6.54 Å². The van der Waals surface area contributed by atoms with E-state index in [0.29, 0.717) is 35.5 Å². The van der Waals surface area contributed by atoms with Gasteiger partial charge in [0.2, 0.25) is 0 Å². The molecule has 2 aromatic carbocycles. The molecule has 2 fully saturated rings. The normalized spacial score (nSPS) is 25.7. The Bertz CT molecular complexity index is 912. The number of carboxylic acids is 1. The molecule has 4 rings (SSSR count). The SMILES string of the molecule is CC(C)C(=Cc1ccccc1)C1CC1NC1CCC(NCc2ccc(C(=O)O)cc2)CC1. The Morgan fingerprint density at radius 2 is 1.66 bits per heavy atom. The van der Waals surface area contributed by atoms with Gasteiger partial charge in [0.15, 0.2) is 0 Å². The third-order valence-corrected chi connectivity index (χ3v) is 6.99. The molecule has 0 amide bonds. The van der Waals surface area contributed by atoms with Gasteiger partial charge in [-0.1, -0.05) is 68.0 Å². The van der Waals surface area contributed by atoms with Crippen LogP contribution >= 0.6 is 0 Å². The molecule has 32 heavy (non-hydrogen) atoms. The van der Waals surface area contributed by atoms with Crippen molar-refractivity contribution in [1.82, 2.24) is 10.6 Å². The van der Waals surface area contributed by atoms with E-state index in [0.717, 1.165) is 12.1 Å². The van der Waals surface area contributed by atoms with E-state index in [9.17, 15) is 4.79 Å². The van der Waals surface area contributed by atoms with E-state index in [1.165, 1.54) is 37.7 Å². The lowest BCUT2D eigenvalue weighted by Gasteiger charge is -2.30. The number of rotatable bonds is 9. The highest BCUT2D eigenvalue weighted by molar-refractivity contribution is 5.87. The van der Waals surface area contributed by atoms with Gasteiger partial charge in [-0.2, -0.15) is 0 Å². The maximum absolute atomic E-state index is 11.0. The maximum Gasteiger partial charge on any atom is 0.335 e. The molecule has 2 aliphatic carbocycles. The van der Waals surface area contributed by atoms with Gasteiger partial charge in [0.25, 0.3) is 0 Å². The van der Waals surface area contributed by atoms with E-state index < -0.39 is 5.97 Å². The van der Waals surface area contributed by atoms with Crippen molar-refractivity contribution >= 4 is 12.0 Å². The van der Waals surface area contributed by atoms with E-state index in [-0.39, 0.29) is 0 Å². The monoisotopic (exact) mass is 432 g/mol. The lowest BCUT2D eigenvalue weighted by atomic mass is 9.90. The van der Waals surface area contributed by atoms with Crippen molar-refractivity contribution in [2.45, 2.75) is 70.6 Å². The predicted octanol–water partition coefficient (Wildman–Crippen LogP) is 5.50. The highest BCUT2D eigenvalue weighted by atomic mass is 16.4. The zero-order chi connectivity index (χ0) is 22.5.